The maximum absolute atomic E-state index is 12.2. The Morgan fingerprint density at radius 1 is 1.33 bits per heavy atom. The van der Waals surface area contributed by atoms with E-state index in [1.165, 1.54) is 6.92 Å². The van der Waals surface area contributed by atoms with Crippen molar-refractivity contribution in [2.75, 3.05) is 6.61 Å². The largest absolute Gasteiger partial charge is 0.393 e. The number of carbonyl (C=O) groups is 2. The van der Waals surface area contributed by atoms with Crippen LogP contribution in [0.1, 0.15) is 60.3 Å². The van der Waals surface area contributed by atoms with Crippen LogP contribution in [0.5, 0.6) is 0 Å². The molecule has 5 unspecified atom stereocenters. The van der Waals surface area contributed by atoms with Gasteiger partial charge < -0.3 is 15.3 Å². The Kier molecular flexibility index (Phi) is 6.20. The van der Waals surface area contributed by atoms with E-state index in [2.05, 4.69) is 6.92 Å². The van der Waals surface area contributed by atoms with Crippen molar-refractivity contribution in [3.8, 4) is 0 Å². The molecule has 0 aromatic heterocycles. The monoisotopic (exact) mass is 378 g/mol. The van der Waals surface area contributed by atoms with Gasteiger partial charge in [0.2, 0.25) is 0 Å². The molecular weight excluding hydrogens is 344 g/mol. The van der Waals surface area contributed by atoms with Crippen molar-refractivity contribution in [2.24, 2.45) is 22.7 Å². The minimum absolute atomic E-state index is 0.00245. The average Bonchev–Trinajstić information content (AvgIpc) is 2.62. The van der Waals surface area contributed by atoms with E-state index in [4.69, 9.17) is 0 Å². The fraction of sp³-hybridized carbons (Fsp3) is 0.727. The first kappa shape index (κ1) is 22.0. The molecule has 27 heavy (non-hydrogen) atoms. The number of allylic oxidation sites excluding steroid dienone is 4. The van der Waals surface area contributed by atoms with Crippen LogP contribution >= 0.6 is 0 Å². The van der Waals surface area contributed by atoms with Crippen LogP contribution in [0, 0.1) is 22.7 Å². The molecule has 5 heteroatoms. The topological polar surface area (TPSA) is 94.8 Å². The normalized spacial score (nSPS) is 39.0. The molecule has 6 atom stereocenters. The van der Waals surface area contributed by atoms with Gasteiger partial charge in [-0.15, -0.1) is 0 Å². The van der Waals surface area contributed by atoms with E-state index in [1.807, 2.05) is 26.8 Å². The van der Waals surface area contributed by atoms with Crippen LogP contribution in [-0.2, 0) is 9.59 Å². The van der Waals surface area contributed by atoms with Crippen molar-refractivity contribution in [2.45, 2.75) is 72.0 Å². The van der Waals surface area contributed by atoms with Crippen LogP contribution in [0.25, 0.3) is 0 Å². The number of ketones is 2. The highest BCUT2D eigenvalue weighted by Crippen LogP contribution is 2.57. The number of aliphatic hydroxyl groups excluding tert-OH is 2. The fourth-order valence-electron chi connectivity index (χ4n) is 5.38. The Morgan fingerprint density at radius 3 is 2.48 bits per heavy atom. The molecule has 0 aromatic carbocycles. The molecule has 0 aromatic rings. The molecule has 0 saturated heterocycles. The van der Waals surface area contributed by atoms with Gasteiger partial charge in [-0.3, -0.25) is 9.59 Å². The Balaban J connectivity index is 2.42. The molecule has 0 spiro atoms. The lowest BCUT2D eigenvalue weighted by molar-refractivity contribution is -0.178. The van der Waals surface area contributed by atoms with Crippen LogP contribution < -0.4 is 0 Å². The van der Waals surface area contributed by atoms with Crippen LogP contribution in [0.3, 0.4) is 0 Å². The van der Waals surface area contributed by atoms with Crippen molar-refractivity contribution in [1.29, 1.82) is 0 Å². The number of hydrogen-bond acceptors (Lipinski definition) is 5. The van der Waals surface area contributed by atoms with Gasteiger partial charge in [0.15, 0.2) is 11.6 Å². The Hall–Kier alpha value is -1.30. The summed E-state index contributed by atoms with van der Waals surface area (Å²) >= 11 is 0. The van der Waals surface area contributed by atoms with Crippen molar-refractivity contribution < 1.29 is 24.9 Å². The van der Waals surface area contributed by atoms with Crippen molar-refractivity contribution in [3.05, 3.63) is 23.8 Å². The van der Waals surface area contributed by atoms with Gasteiger partial charge in [0.05, 0.1) is 6.10 Å². The van der Waals surface area contributed by atoms with Crippen LogP contribution in [0.4, 0.5) is 0 Å². The van der Waals surface area contributed by atoms with Gasteiger partial charge in [-0.25, -0.2) is 0 Å². The molecule has 0 radical (unpaired) electrons. The minimum atomic E-state index is -1.71. The van der Waals surface area contributed by atoms with E-state index in [1.54, 1.807) is 12.2 Å². The fourth-order valence-corrected chi connectivity index (χ4v) is 5.38. The van der Waals surface area contributed by atoms with Gasteiger partial charge in [0.25, 0.3) is 0 Å². The third kappa shape index (κ3) is 3.45. The van der Waals surface area contributed by atoms with Gasteiger partial charge in [0, 0.05) is 10.8 Å². The zero-order valence-corrected chi connectivity index (χ0v) is 17.2. The molecule has 0 aliphatic heterocycles. The van der Waals surface area contributed by atoms with E-state index in [9.17, 15) is 24.9 Å². The van der Waals surface area contributed by atoms with E-state index in [0.717, 1.165) is 18.4 Å². The van der Waals surface area contributed by atoms with Crippen LogP contribution in [0.15, 0.2) is 23.8 Å². The molecule has 2 aliphatic rings. The van der Waals surface area contributed by atoms with Gasteiger partial charge in [-0.05, 0) is 50.2 Å². The quantitative estimate of drug-likeness (QED) is 0.660. The van der Waals surface area contributed by atoms with Gasteiger partial charge in [-0.1, -0.05) is 45.8 Å². The summed E-state index contributed by atoms with van der Waals surface area (Å²) in [6.45, 7) is 8.68. The van der Waals surface area contributed by atoms with E-state index >= 15 is 0 Å². The average molecular weight is 379 g/mol. The number of hydrogen-bond donors (Lipinski definition) is 3. The molecule has 152 valence electrons. The summed E-state index contributed by atoms with van der Waals surface area (Å²) in [5.41, 5.74) is -1.96. The summed E-state index contributed by atoms with van der Waals surface area (Å²) in [5, 5.41) is 31.4. The molecule has 0 amide bonds. The lowest BCUT2D eigenvalue weighted by atomic mass is 9.50. The predicted octanol–water partition coefficient (Wildman–Crippen LogP) is 2.58. The van der Waals surface area contributed by atoms with E-state index in [-0.39, 0.29) is 24.0 Å². The molecule has 2 rings (SSSR count). The Labute approximate surface area is 162 Å². The molecular formula is C22H34O5. The zero-order valence-electron chi connectivity index (χ0n) is 17.2. The maximum atomic E-state index is 12.2. The third-order valence-corrected chi connectivity index (χ3v) is 7.58. The lowest BCUT2D eigenvalue weighted by Gasteiger charge is -2.56. The molecule has 2 aliphatic carbocycles. The number of Topliss-reactive ketones (excluding diaryl/α,β-unsaturated/α-hetero) is 1. The van der Waals surface area contributed by atoms with Gasteiger partial charge in [-0.2, -0.15) is 0 Å². The third-order valence-electron chi connectivity index (χ3n) is 7.58. The highest BCUT2D eigenvalue weighted by atomic mass is 16.3. The SMILES string of the molecule is CCC1=CC(=O)C=CC1(C)C1CC(CC)C(C)([C@@](C)(O)C(=O)CO)CC1O. The molecule has 0 bridgehead atoms. The summed E-state index contributed by atoms with van der Waals surface area (Å²) < 4.78 is 0. The Morgan fingerprint density at radius 2 is 1.96 bits per heavy atom. The van der Waals surface area contributed by atoms with Crippen LogP contribution in [0.2, 0.25) is 0 Å². The van der Waals surface area contributed by atoms with Crippen LogP contribution in [-0.4, -0.2) is 45.2 Å². The second-order valence-electron chi connectivity index (χ2n) is 8.83. The summed E-state index contributed by atoms with van der Waals surface area (Å²) in [5.74, 6) is -0.746. The zero-order chi connectivity index (χ0) is 20.6. The molecule has 1 fully saturated rings. The van der Waals surface area contributed by atoms with E-state index < -0.39 is 34.9 Å². The van der Waals surface area contributed by atoms with Crippen molar-refractivity contribution >= 4 is 11.6 Å². The second-order valence-corrected chi connectivity index (χ2v) is 8.83. The number of rotatable bonds is 6. The number of aliphatic hydroxyl groups is 3. The lowest BCUT2D eigenvalue weighted by Crippen LogP contribution is -2.60. The molecule has 0 heterocycles. The minimum Gasteiger partial charge on any atom is -0.393 e. The first-order valence-corrected chi connectivity index (χ1v) is 9.96. The molecule has 1 saturated carbocycles. The number of carbonyl (C=O) groups excluding carboxylic acids is 2. The van der Waals surface area contributed by atoms with Gasteiger partial charge >= 0.3 is 0 Å². The summed E-state index contributed by atoms with van der Waals surface area (Å²) in [6.07, 6.45) is 6.81. The summed E-state index contributed by atoms with van der Waals surface area (Å²) in [7, 11) is 0. The first-order chi connectivity index (χ1) is 12.5. The van der Waals surface area contributed by atoms with E-state index in [0.29, 0.717) is 6.42 Å². The van der Waals surface area contributed by atoms with Crippen molar-refractivity contribution in [3.63, 3.8) is 0 Å². The summed E-state index contributed by atoms with van der Waals surface area (Å²) in [4.78, 5) is 24.1. The highest BCUT2D eigenvalue weighted by Gasteiger charge is 2.58. The van der Waals surface area contributed by atoms with Gasteiger partial charge in [0.1, 0.15) is 12.2 Å². The standard InChI is InChI=1S/C22H34O5/c1-6-14-10-16(24)8-9-20(14,3)17-11-15(7-2)21(4,12-18(17)25)22(5,27)19(26)13-23/h8-10,15,17-18,23,25,27H,6-7,11-13H2,1-5H3/t15?,17?,18?,20?,21?,22-/m0/s1. The molecule has 5 nitrogen and oxygen atoms in total. The smallest absolute Gasteiger partial charge is 0.189 e. The predicted molar refractivity (Wildman–Crippen MR) is 104 cm³/mol. The first-order valence-electron chi connectivity index (χ1n) is 9.96. The maximum Gasteiger partial charge on any atom is 0.189 e. The van der Waals surface area contributed by atoms with Crippen molar-refractivity contribution in [1.82, 2.24) is 0 Å². The Bertz CT molecular complexity index is 662. The second kappa shape index (κ2) is 7.61. The highest BCUT2D eigenvalue weighted by molar-refractivity contribution is 6.01. The molecule has 3 N–H and O–H groups in total. The summed E-state index contributed by atoms with van der Waals surface area (Å²) in [6, 6.07) is 0.